The van der Waals surface area contributed by atoms with Gasteiger partial charge in [-0.2, -0.15) is 0 Å². The van der Waals surface area contributed by atoms with Gasteiger partial charge in [-0.15, -0.1) is 0 Å². The highest BCUT2D eigenvalue weighted by Gasteiger charge is 2.27. The van der Waals surface area contributed by atoms with Crippen LogP contribution >= 0.6 is 0 Å². The fourth-order valence-corrected chi connectivity index (χ4v) is 2.84. The molecule has 0 spiro atoms. The number of rotatable bonds is 4. The first-order valence-corrected chi connectivity index (χ1v) is 7.27. The summed E-state index contributed by atoms with van der Waals surface area (Å²) in [5, 5.41) is 0. The third kappa shape index (κ3) is 3.71. The molecule has 1 nitrogen and oxygen atoms in total. The molecule has 1 heterocycles. The van der Waals surface area contributed by atoms with Crippen LogP contribution in [0.5, 0.6) is 0 Å². The van der Waals surface area contributed by atoms with Gasteiger partial charge in [0.25, 0.3) is 0 Å². The molecule has 0 amide bonds. The highest BCUT2D eigenvalue weighted by molar-refractivity contribution is 5.48. The topological polar surface area (TPSA) is 0 Å². The molecule has 0 saturated carbocycles. The molecule has 0 unspecified atom stereocenters. The lowest BCUT2D eigenvalue weighted by Gasteiger charge is -2.39. The molecule has 0 aliphatic carbocycles. The lowest BCUT2D eigenvalue weighted by Crippen LogP contribution is -2.49. The summed E-state index contributed by atoms with van der Waals surface area (Å²) in [6.07, 6.45) is 8.79. The van der Waals surface area contributed by atoms with Crippen LogP contribution in [0.1, 0.15) is 31.7 Å². The Morgan fingerprint density at radius 1 is 1.17 bits per heavy atom. The van der Waals surface area contributed by atoms with E-state index in [1.807, 2.05) is 0 Å². The van der Waals surface area contributed by atoms with Gasteiger partial charge < -0.3 is 4.48 Å². The minimum Gasteiger partial charge on any atom is -0.323 e. The highest BCUT2D eigenvalue weighted by atomic mass is 15.3. The SMILES string of the molecule is CCC1CC[N+](C)(CC=Cc2ccccc2)CC1. The van der Waals surface area contributed by atoms with Gasteiger partial charge in [0.2, 0.25) is 0 Å². The number of likely N-dealkylation sites (N-methyl/N-ethyl adjacent to an activating group) is 1. The van der Waals surface area contributed by atoms with Crippen molar-refractivity contribution in [2.45, 2.75) is 26.2 Å². The normalized spacial score (nSPS) is 28.7. The van der Waals surface area contributed by atoms with Crippen molar-refractivity contribution in [2.24, 2.45) is 5.92 Å². The molecule has 0 aromatic heterocycles. The molecule has 1 aromatic carbocycles. The molecule has 1 aromatic rings. The number of benzene rings is 1. The second kappa shape index (κ2) is 6.19. The fourth-order valence-electron chi connectivity index (χ4n) is 2.84. The van der Waals surface area contributed by atoms with Gasteiger partial charge in [0.05, 0.1) is 26.7 Å². The van der Waals surface area contributed by atoms with Crippen molar-refractivity contribution in [1.29, 1.82) is 0 Å². The Bertz CT molecular complexity index is 372. The first-order chi connectivity index (χ1) is 8.72. The average molecular weight is 244 g/mol. The van der Waals surface area contributed by atoms with Gasteiger partial charge in [-0.1, -0.05) is 49.8 Å². The van der Waals surface area contributed by atoms with Gasteiger partial charge in [-0.3, -0.25) is 0 Å². The van der Waals surface area contributed by atoms with Crippen molar-refractivity contribution in [3.8, 4) is 0 Å². The van der Waals surface area contributed by atoms with E-state index in [0.29, 0.717) is 0 Å². The maximum absolute atomic E-state index is 2.40. The van der Waals surface area contributed by atoms with Crippen LogP contribution in [0.15, 0.2) is 36.4 Å². The molecule has 2 rings (SSSR count). The summed E-state index contributed by atoms with van der Waals surface area (Å²) < 4.78 is 1.22. The number of quaternary nitrogens is 1. The molecule has 0 N–H and O–H groups in total. The van der Waals surface area contributed by atoms with Gasteiger partial charge in [0.15, 0.2) is 0 Å². The first kappa shape index (κ1) is 13.4. The quantitative estimate of drug-likeness (QED) is 0.703. The summed E-state index contributed by atoms with van der Waals surface area (Å²) >= 11 is 0. The Morgan fingerprint density at radius 3 is 2.44 bits per heavy atom. The van der Waals surface area contributed by atoms with Gasteiger partial charge in [-0.25, -0.2) is 0 Å². The van der Waals surface area contributed by atoms with E-state index in [-0.39, 0.29) is 0 Å². The van der Waals surface area contributed by atoms with Crippen molar-refractivity contribution >= 4 is 6.08 Å². The Labute approximate surface area is 112 Å². The second-order valence-corrected chi connectivity index (χ2v) is 5.91. The van der Waals surface area contributed by atoms with Crippen molar-refractivity contribution in [2.75, 3.05) is 26.7 Å². The molecule has 1 saturated heterocycles. The van der Waals surface area contributed by atoms with E-state index < -0.39 is 0 Å². The maximum atomic E-state index is 2.40. The third-order valence-corrected chi connectivity index (χ3v) is 4.39. The molecule has 1 fully saturated rings. The van der Waals surface area contributed by atoms with Gasteiger partial charge in [0.1, 0.15) is 0 Å². The zero-order chi connectivity index (χ0) is 12.8. The lowest BCUT2D eigenvalue weighted by molar-refractivity contribution is -0.909. The maximum Gasteiger partial charge on any atom is 0.0974 e. The first-order valence-electron chi connectivity index (χ1n) is 7.27. The molecule has 1 aliphatic heterocycles. The monoisotopic (exact) mass is 244 g/mol. The zero-order valence-corrected chi connectivity index (χ0v) is 11.8. The summed E-state index contributed by atoms with van der Waals surface area (Å²) in [7, 11) is 2.40. The lowest BCUT2D eigenvalue weighted by atomic mass is 9.93. The number of piperidine rings is 1. The molecular formula is C17H26N+. The summed E-state index contributed by atoms with van der Waals surface area (Å²) in [5.74, 6) is 0.981. The largest absolute Gasteiger partial charge is 0.323 e. The summed E-state index contributed by atoms with van der Waals surface area (Å²) in [5.41, 5.74) is 1.31. The molecular weight excluding hydrogens is 218 g/mol. The van der Waals surface area contributed by atoms with E-state index in [1.54, 1.807) is 0 Å². The minimum atomic E-state index is 0.981. The van der Waals surface area contributed by atoms with Crippen molar-refractivity contribution in [1.82, 2.24) is 0 Å². The number of hydrogen-bond acceptors (Lipinski definition) is 0. The van der Waals surface area contributed by atoms with Gasteiger partial charge >= 0.3 is 0 Å². The molecule has 1 aliphatic rings. The fraction of sp³-hybridized carbons (Fsp3) is 0.529. The zero-order valence-electron chi connectivity index (χ0n) is 11.8. The summed E-state index contributed by atoms with van der Waals surface area (Å²) in [6, 6.07) is 10.6. The predicted octanol–water partition coefficient (Wildman–Crippen LogP) is 3.97. The van der Waals surface area contributed by atoms with E-state index in [2.05, 4.69) is 56.5 Å². The molecule has 18 heavy (non-hydrogen) atoms. The van der Waals surface area contributed by atoms with E-state index >= 15 is 0 Å². The minimum absolute atomic E-state index is 0.981. The van der Waals surface area contributed by atoms with Crippen LogP contribution in [0, 0.1) is 5.92 Å². The molecule has 1 heteroatoms. The third-order valence-electron chi connectivity index (χ3n) is 4.39. The Morgan fingerprint density at radius 2 is 1.83 bits per heavy atom. The van der Waals surface area contributed by atoms with Crippen molar-refractivity contribution in [3.05, 3.63) is 42.0 Å². The van der Waals surface area contributed by atoms with E-state index in [1.165, 1.54) is 48.9 Å². The van der Waals surface area contributed by atoms with Gasteiger partial charge in [-0.05, 0) is 30.4 Å². The molecule has 0 radical (unpaired) electrons. The van der Waals surface area contributed by atoms with Crippen LogP contribution in [0.4, 0.5) is 0 Å². The van der Waals surface area contributed by atoms with Crippen LogP contribution in [0.25, 0.3) is 6.08 Å². The van der Waals surface area contributed by atoms with Crippen molar-refractivity contribution < 1.29 is 4.48 Å². The van der Waals surface area contributed by atoms with Crippen LogP contribution in [0.3, 0.4) is 0 Å². The Hall–Kier alpha value is -1.08. The predicted molar refractivity (Wildman–Crippen MR) is 79.3 cm³/mol. The molecule has 98 valence electrons. The Balaban J connectivity index is 1.85. The van der Waals surface area contributed by atoms with Gasteiger partial charge in [0, 0.05) is 0 Å². The van der Waals surface area contributed by atoms with E-state index in [9.17, 15) is 0 Å². The van der Waals surface area contributed by atoms with Crippen LogP contribution in [0.2, 0.25) is 0 Å². The summed E-state index contributed by atoms with van der Waals surface area (Å²) in [4.78, 5) is 0. The molecule has 0 atom stereocenters. The smallest absolute Gasteiger partial charge is 0.0974 e. The summed E-state index contributed by atoms with van der Waals surface area (Å²) in [6.45, 7) is 6.19. The van der Waals surface area contributed by atoms with Crippen LogP contribution in [-0.4, -0.2) is 31.2 Å². The second-order valence-electron chi connectivity index (χ2n) is 5.91. The van der Waals surface area contributed by atoms with Crippen LogP contribution in [-0.2, 0) is 0 Å². The van der Waals surface area contributed by atoms with Crippen molar-refractivity contribution in [3.63, 3.8) is 0 Å². The molecule has 0 bridgehead atoms. The highest BCUT2D eigenvalue weighted by Crippen LogP contribution is 2.24. The average Bonchev–Trinajstić information content (AvgIpc) is 2.41. The number of likely N-dealkylation sites (tertiary alicyclic amines) is 1. The van der Waals surface area contributed by atoms with E-state index in [4.69, 9.17) is 0 Å². The Kier molecular flexibility index (Phi) is 4.60. The number of hydrogen-bond donors (Lipinski definition) is 0. The number of nitrogens with zero attached hydrogens (tertiary/aromatic N) is 1. The van der Waals surface area contributed by atoms with E-state index in [0.717, 1.165) is 5.92 Å². The van der Waals surface area contributed by atoms with Crippen LogP contribution < -0.4 is 0 Å². The standard InChI is InChI=1S/C17H26N/c1-3-16-11-14-18(2,15-12-16)13-7-10-17-8-5-4-6-9-17/h4-10,16H,3,11-15H2,1-2H3/q+1.